The highest BCUT2D eigenvalue weighted by Gasteiger charge is 2.07. The van der Waals surface area contributed by atoms with E-state index in [2.05, 4.69) is 0 Å². The molecule has 6 nitrogen and oxygen atoms in total. The molecule has 0 saturated heterocycles. The van der Waals surface area contributed by atoms with Gasteiger partial charge in [-0.25, -0.2) is 0 Å². The van der Waals surface area contributed by atoms with Crippen molar-refractivity contribution in [2.75, 3.05) is 0 Å². The molecule has 0 unspecified atom stereocenters. The summed E-state index contributed by atoms with van der Waals surface area (Å²) in [5, 5.41) is 20.6. The fourth-order valence-electron chi connectivity index (χ4n) is 0.945. The number of benzene rings is 1. The van der Waals surface area contributed by atoms with Gasteiger partial charge in [-0.1, -0.05) is 11.6 Å². The lowest BCUT2D eigenvalue weighted by molar-refractivity contribution is -0.400. The molecule has 7 heteroatoms. The maximum Gasteiger partial charge on any atom is 0.271 e. The summed E-state index contributed by atoms with van der Waals surface area (Å²) < 4.78 is 0. The number of hydrogen-bond donors (Lipinski definition) is 0. The zero-order valence-electron chi connectivity index (χ0n) is 7.29. The minimum Gasteiger partial charge on any atom is -0.259 e. The summed E-state index contributed by atoms with van der Waals surface area (Å²) >= 11 is 5.60. The van der Waals surface area contributed by atoms with Crippen molar-refractivity contribution in [3.63, 3.8) is 0 Å². The first kappa shape index (κ1) is 11.1. The van der Waals surface area contributed by atoms with Gasteiger partial charge in [-0.05, 0) is 11.6 Å². The standard InChI is InChI=1S/C8H5ClN2O4/c9-7-3-6(1-2-10(12)13)4-8(5-7)11(14)15/h1-5H. The third kappa shape index (κ3) is 3.35. The molecule has 1 aromatic carbocycles. The molecule has 0 atom stereocenters. The summed E-state index contributed by atoms with van der Waals surface area (Å²) in [6, 6.07) is 3.77. The molecule has 0 aliphatic heterocycles. The number of halogens is 1. The van der Waals surface area contributed by atoms with E-state index in [1.807, 2.05) is 0 Å². The molecule has 15 heavy (non-hydrogen) atoms. The second-order valence-electron chi connectivity index (χ2n) is 2.60. The third-order valence-electron chi connectivity index (χ3n) is 1.50. The number of hydrogen-bond acceptors (Lipinski definition) is 4. The highest BCUT2D eigenvalue weighted by Crippen LogP contribution is 2.21. The van der Waals surface area contributed by atoms with Crippen LogP contribution in [0.25, 0.3) is 6.08 Å². The molecule has 0 aliphatic rings. The summed E-state index contributed by atoms with van der Waals surface area (Å²) in [7, 11) is 0. The average Bonchev–Trinajstić information content (AvgIpc) is 2.13. The van der Waals surface area contributed by atoms with E-state index in [0.29, 0.717) is 11.8 Å². The fourth-order valence-corrected chi connectivity index (χ4v) is 1.18. The Bertz CT molecular complexity index is 444. The second kappa shape index (κ2) is 4.52. The van der Waals surface area contributed by atoms with Crippen LogP contribution in [0.3, 0.4) is 0 Å². The summed E-state index contributed by atoms with van der Waals surface area (Å²) in [6.45, 7) is 0. The third-order valence-corrected chi connectivity index (χ3v) is 1.72. The van der Waals surface area contributed by atoms with Gasteiger partial charge in [-0.3, -0.25) is 20.2 Å². The normalized spacial score (nSPS) is 10.5. The van der Waals surface area contributed by atoms with E-state index < -0.39 is 9.85 Å². The number of nitro groups is 2. The van der Waals surface area contributed by atoms with Crippen LogP contribution >= 0.6 is 11.6 Å². The average molecular weight is 229 g/mol. The molecule has 0 spiro atoms. The molecular weight excluding hydrogens is 224 g/mol. The van der Waals surface area contributed by atoms with Crippen molar-refractivity contribution in [1.29, 1.82) is 0 Å². The lowest BCUT2D eigenvalue weighted by atomic mass is 10.2. The van der Waals surface area contributed by atoms with Crippen molar-refractivity contribution in [1.82, 2.24) is 0 Å². The van der Waals surface area contributed by atoms with E-state index in [1.54, 1.807) is 0 Å². The molecule has 0 saturated carbocycles. The molecule has 0 bridgehead atoms. The maximum absolute atomic E-state index is 10.4. The van der Waals surface area contributed by atoms with Crippen molar-refractivity contribution < 1.29 is 9.85 Å². The van der Waals surface area contributed by atoms with Crippen LogP contribution in [-0.2, 0) is 0 Å². The van der Waals surface area contributed by atoms with Gasteiger partial charge in [0.15, 0.2) is 0 Å². The van der Waals surface area contributed by atoms with Crippen molar-refractivity contribution >= 4 is 23.4 Å². The Kier molecular flexibility index (Phi) is 3.35. The van der Waals surface area contributed by atoms with Crippen LogP contribution in [0.1, 0.15) is 5.56 Å². The SMILES string of the molecule is O=[N+]([O-])C=Cc1cc(Cl)cc([N+](=O)[O-])c1. The van der Waals surface area contributed by atoms with Crippen molar-refractivity contribution in [3.05, 3.63) is 55.2 Å². The summed E-state index contributed by atoms with van der Waals surface area (Å²) in [5.74, 6) is 0. The van der Waals surface area contributed by atoms with E-state index in [9.17, 15) is 20.2 Å². The minimum atomic E-state index is -0.660. The van der Waals surface area contributed by atoms with Gasteiger partial charge in [-0.15, -0.1) is 0 Å². The van der Waals surface area contributed by atoms with Crippen LogP contribution in [-0.4, -0.2) is 9.85 Å². The van der Waals surface area contributed by atoms with Crippen molar-refractivity contribution in [2.45, 2.75) is 0 Å². The fraction of sp³-hybridized carbons (Fsp3) is 0. The van der Waals surface area contributed by atoms with E-state index in [4.69, 9.17) is 11.6 Å². The van der Waals surface area contributed by atoms with E-state index >= 15 is 0 Å². The van der Waals surface area contributed by atoms with Gasteiger partial charge >= 0.3 is 0 Å². The van der Waals surface area contributed by atoms with Gasteiger partial charge in [0.1, 0.15) is 0 Å². The first-order chi connectivity index (χ1) is 6.99. The molecule has 0 radical (unpaired) electrons. The van der Waals surface area contributed by atoms with Gasteiger partial charge in [0.25, 0.3) is 5.69 Å². The molecular formula is C8H5ClN2O4. The Morgan fingerprint density at radius 1 is 1.20 bits per heavy atom. The Labute approximate surface area is 89.1 Å². The Morgan fingerprint density at radius 3 is 2.40 bits per heavy atom. The predicted octanol–water partition coefficient (Wildman–Crippen LogP) is 2.50. The quantitative estimate of drug-likeness (QED) is 0.587. The van der Waals surface area contributed by atoms with Gasteiger partial charge in [0.05, 0.1) is 9.85 Å². The number of nitro benzene ring substituents is 1. The van der Waals surface area contributed by atoms with Gasteiger partial charge in [0.2, 0.25) is 6.20 Å². The van der Waals surface area contributed by atoms with E-state index in [0.717, 1.165) is 6.08 Å². The largest absolute Gasteiger partial charge is 0.271 e. The molecule has 1 aromatic rings. The highest BCUT2D eigenvalue weighted by molar-refractivity contribution is 6.30. The maximum atomic E-state index is 10.4. The van der Waals surface area contributed by atoms with Gasteiger partial charge < -0.3 is 0 Å². The van der Waals surface area contributed by atoms with Crippen LogP contribution in [0.15, 0.2) is 24.4 Å². The Hall–Kier alpha value is -1.95. The summed E-state index contributed by atoms with van der Waals surface area (Å²) in [5.41, 5.74) is 0.108. The predicted molar refractivity (Wildman–Crippen MR) is 54.1 cm³/mol. The molecule has 0 aliphatic carbocycles. The first-order valence-electron chi connectivity index (χ1n) is 3.76. The van der Waals surface area contributed by atoms with Crippen LogP contribution in [0, 0.1) is 20.2 Å². The summed E-state index contributed by atoms with van der Waals surface area (Å²) in [6.07, 6.45) is 1.83. The first-order valence-corrected chi connectivity index (χ1v) is 4.13. The number of non-ortho nitro benzene ring substituents is 1. The minimum absolute atomic E-state index is 0.159. The summed E-state index contributed by atoms with van der Waals surface area (Å²) in [4.78, 5) is 19.2. The Balaban J connectivity index is 3.09. The molecule has 0 N–H and O–H groups in total. The van der Waals surface area contributed by atoms with Crippen LogP contribution in [0.2, 0.25) is 5.02 Å². The van der Waals surface area contributed by atoms with Crippen molar-refractivity contribution in [3.8, 4) is 0 Å². The molecule has 0 amide bonds. The van der Waals surface area contributed by atoms with Crippen LogP contribution in [0.4, 0.5) is 5.69 Å². The molecule has 1 rings (SSSR count). The van der Waals surface area contributed by atoms with E-state index in [-0.39, 0.29) is 10.7 Å². The molecule has 0 aromatic heterocycles. The van der Waals surface area contributed by atoms with E-state index in [1.165, 1.54) is 18.2 Å². The monoisotopic (exact) mass is 228 g/mol. The number of nitrogens with zero attached hydrogens (tertiary/aromatic N) is 2. The van der Waals surface area contributed by atoms with Crippen LogP contribution in [0.5, 0.6) is 0 Å². The molecule has 78 valence electrons. The molecule has 0 heterocycles. The topological polar surface area (TPSA) is 86.3 Å². The van der Waals surface area contributed by atoms with Gasteiger partial charge in [-0.2, -0.15) is 0 Å². The van der Waals surface area contributed by atoms with Gasteiger partial charge in [0, 0.05) is 23.2 Å². The second-order valence-corrected chi connectivity index (χ2v) is 3.04. The van der Waals surface area contributed by atoms with Crippen LogP contribution < -0.4 is 0 Å². The lowest BCUT2D eigenvalue weighted by Gasteiger charge is -1.95. The zero-order valence-corrected chi connectivity index (χ0v) is 8.05. The molecule has 0 fully saturated rings. The smallest absolute Gasteiger partial charge is 0.259 e. The highest BCUT2D eigenvalue weighted by atomic mass is 35.5. The van der Waals surface area contributed by atoms with Crippen molar-refractivity contribution in [2.24, 2.45) is 0 Å². The number of rotatable bonds is 3. The Morgan fingerprint density at radius 2 is 1.87 bits per heavy atom. The lowest BCUT2D eigenvalue weighted by Crippen LogP contribution is -1.89. The zero-order chi connectivity index (χ0) is 11.4.